The maximum atomic E-state index is 10.1. The first-order valence-corrected chi connectivity index (χ1v) is 24.0. The fraction of sp³-hybridized carbons (Fsp3) is 1.00. The number of halogens is 1. The standard InChI is InChI=1S/3C12H26O4S.F.Fe.Na/c3*1-2-3-4-5-6-7-8-9-10-11-12-16-17(13,14)15;;;/h3*2-12H2,1H3,(H,13,14,15);;;/q;;;;+2;+1/p-3. The molecule has 0 saturated heterocycles. The van der Waals surface area contributed by atoms with Gasteiger partial charge in [-0.05, 0) is 19.3 Å². The molecule has 0 atom stereocenters. The Hall–Kier alpha value is 1.06. The summed E-state index contributed by atoms with van der Waals surface area (Å²) < 4.78 is 103. The van der Waals surface area contributed by atoms with Gasteiger partial charge in [0.05, 0.1) is 19.8 Å². The minimum Gasteiger partial charge on any atom is -0.726 e. The molecule has 18 heteroatoms. The molecule has 0 aliphatic rings. The van der Waals surface area contributed by atoms with Gasteiger partial charge in [0.15, 0.2) is 0 Å². The topological polar surface area (TPSA) is 199 Å². The second kappa shape index (κ2) is 50.2. The molecular formula is C36H75FFeNaO12S3. The van der Waals surface area contributed by atoms with E-state index in [-0.39, 0.29) is 71.2 Å². The zero-order chi connectivity index (χ0) is 39.0. The summed E-state index contributed by atoms with van der Waals surface area (Å²) in [6.07, 6.45) is 35.1. The molecule has 0 unspecified atom stereocenters. The zero-order valence-electron chi connectivity index (χ0n) is 34.2. The van der Waals surface area contributed by atoms with Gasteiger partial charge in [0, 0.05) is 4.70 Å². The third kappa shape index (κ3) is 77.6. The summed E-state index contributed by atoms with van der Waals surface area (Å²) in [4.78, 5) is 0. The van der Waals surface area contributed by atoms with E-state index in [4.69, 9.17) is 0 Å². The minimum absolute atomic E-state index is 0. The van der Waals surface area contributed by atoms with Crippen LogP contribution in [0, 0.1) is 0 Å². The SMILES string of the molecule is CCCCCCCCCCCCOS(=O)(=O)[O-].CCCCCCCCCCCCOS(=O)(=O)[O-].CCCCCCCCCCCCOS(=O)(=O)[O-].[F].[Fe+2].[Na+]. The Balaban J connectivity index is -0.000000156. The van der Waals surface area contributed by atoms with Crippen LogP contribution in [0.25, 0.3) is 0 Å². The van der Waals surface area contributed by atoms with Crippen LogP contribution >= 0.6 is 0 Å². The van der Waals surface area contributed by atoms with Gasteiger partial charge in [-0.25, -0.2) is 25.3 Å². The van der Waals surface area contributed by atoms with Crippen molar-refractivity contribution in [3.05, 3.63) is 0 Å². The van der Waals surface area contributed by atoms with Gasteiger partial charge in [-0.3, -0.25) is 12.5 Å². The van der Waals surface area contributed by atoms with E-state index in [9.17, 15) is 38.9 Å². The third-order valence-electron chi connectivity index (χ3n) is 8.18. The smallest absolute Gasteiger partial charge is 0.726 e. The van der Waals surface area contributed by atoms with E-state index in [0.717, 1.165) is 38.5 Å². The summed E-state index contributed by atoms with van der Waals surface area (Å²) in [6.45, 7) is 6.73. The fourth-order valence-corrected chi connectivity index (χ4v) is 6.22. The molecule has 0 fully saturated rings. The Morgan fingerprint density at radius 1 is 0.315 bits per heavy atom. The van der Waals surface area contributed by atoms with Crippen molar-refractivity contribution in [3.8, 4) is 0 Å². The van der Waals surface area contributed by atoms with Gasteiger partial charge < -0.3 is 13.7 Å². The fourth-order valence-electron chi connectivity index (χ4n) is 5.25. The van der Waals surface area contributed by atoms with Crippen LogP contribution in [-0.2, 0) is 60.8 Å². The Bertz CT molecular complexity index is 898. The van der Waals surface area contributed by atoms with E-state index in [1.54, 1.807) is 0 Å². The molecule has 0 aromatic rings. The average Bonchev–Trinajstić information content (AvgIpc) is 3.04. The predicted octanol–water partition coefficient (Wildman–Crippen LogP) is 7.57. The summed E-state index contributed by atoms with van der Waals surface area (Å²) >= 11 is 0. The number of hydrogen-bond donors (Lipinski definition) is 0. The van der Waals surface area contributed by atoms with Crippen LogP contribution in [0.3, 0.4) is 0 Å². The molecule has 0 aliphatic carbocycles. The van der Waals surface area contributed by atoms with Crippen molar-refractivity contribution in [2.24, 2.45) is 0 Å². The van der Waals surface area contributed by atoms with Gasteiger partial charge in [0.2, 0.25) is 31.2 Å². The van der Waals surface area contributed by atoms with Crippen LogP contribution in [-0.4, -0.2) is 58.7 Å². The number of rotatable bonds is 36. The molecule has 0 rings (SSSR count). The summed E-state index contributed by atoms with van der Waals surface area (Å²) in [5.74, 6) is 0. The number of hydrogen-bond acceptors (Lipinski definition) is 12. The monoisotopic (exact) mass is 893 g/mol. The largest absolute Gasteiger partial charge is 2.00 e. The van der Waals surface area contributed by atoms with Gasteiger partial charge in [-0.2, -0.15) is 0 Å². The molecular weight excluding hydrogens is 818 g/mol. The predicted molar refractivity (Wildman–Crippen MR) is 204 cm³/mol. The van der Waals surface area contributed by atoms with Crippen molar-refractivity contribution >= 4 is 31.2 Å². The van der Waals surface area contributed by atoms with E-state index in [2.05, 4.69) is 33.3 Å². The number of unbranched alkanes of at least 4 members (excludes halogenated alkanes) is 27. The maximum Gasteiger partial charge on any atom is 2.00 e. The normalized spacial score (nSPS) is 11.2. The molecule has 325 valence electrons. The maximum absolute atomic E-state index is 10.1. The Kier molecular flexibility index (Phi) is 62.2. The second-order valence-corrected chi connectivity index (χ2v) is 16.4. The Labute approximate surface area is 364 Å². The average molecular weight is 894 g/mol. The van der Waals surface area contributed by atoms with Crippen molar-refractivity contribution in [1.82, 2.24) is 0 Å². The van der Waals surface area contributed by atoms with Crippen LogP contribution in [0.2, 0.25) is 0 Å². The molecule has 0 N–H and O–H groups in total. The summed E-state index contributed by atoms with van der Waals surface area (Å²) in [7, 11) is -13.5. The third-order valence-corrected chi connectivity index (χ3v) is 9.54. The van der Waals surface area contributed by atoms with Gasteiger partial charge >= 0.3 is 46.6 Å². The summed E-state index contributed by atoms with van der Waals surface area (Å²) in [5, 5.41) is 0. The van der Waals surface area contributed by atoms with Crippen molar-refractivity contribution in [2.45, 2.75) is 213 Å². The Morgan fingerprint density at radius 2 is 0.444 bits per heavy atom. The quantitative estimate of drug-likeness (QED) is 0.0259. The zero-order valence-corrected chi connectivity index (χ0v) is 39.7. The van der Waals surface area contributed by atoms with Crippen LogP contribution in [0.1, 0.15) is 213 Å². The van der Waals surface area contributed by atoms with Crippen molar-refractivity contribution in [2.75, 3.05) is 19.8 Å². The van der Waals surface area contributed by atoms with E-state index in [0.29, 0.717) is 19.3 Å². The molecule has 0 aromatic heterocycles. The van der Waals surface area contributed by atoms with Crippen LogP contribution in [0.15, 0.2) is 0 Å². The van der Waals surface area contributed by atoms with Crippen molar-refractivity contribution in [3.63, 3.8) is 0 Å². The van der Waals surface area contributed by atoms with Crippen LogP contribution in [0.5, 0.6) is 0 Å². The van der Waals surface area contributed by atoms with E-state index in [1.165, 1.54) is 135 Å². The van der Waals surface area contributed by atoms with Gasteiger partial charge in [0.25, 0.3) is 0 Å². The van der Waals surface area contributed by atoms with E-state index in [1.807, 2.05) is 0 Å². The molecule has 0 heterocycles. The van der Waals surface area contributed by atoms with E-state index >= 15 is 0 Å². The minimum atomic E-state index is -4.48. The molecule has 0 aliphatic heterocycles. The molecule has 54 heavy (non-hydrogen) atoms. The second-order valence-electron chi connectivity index (χ2n) is 13.2. The molecule has 12 nitrogen and oxygen atoms in total. The first-order valence-electron chi connectivity index (χ1n) is 20.0. The summed E-state index contributed by atoms with van der Waals surface area (Å²) in [6, 6.07) is 0. The first kappa shape index (κ1) is 66.9. The van der Waals surface area contributed by atoms with Crippen molar-refractivity contribution in [1.29, 1.82) is 0 Å². The summed E-state index contributed by atoms with van der Waals surface area (Å²) in [5.41, 5.74) is 0. The van der Waals surface area contributed by atoms with Crippen LogP contribution in [0.4, 0.5) is 4.70 Å². The van der Waals surface area contributed by atoms with Gasteiger partial charge in [-0.1, -0.05) is 194 Å². The van der Waals surface area contributed by atoms with Crippen molar-refractivity contribution < 1.29 is 103 Å². The molecule has 0 spiro atoms. The first-order chi connectivity index (χ1) is 24.2. The molecule has 0 saturated carbocycles. The molecule has 0 amide bonds. The van der Waals surface area contributed by atoms with E-state index < -0.39 is 31.2 Å². The van der Waals surface area contributed by atoms with Gasteiger partial charge in [-0.15, -0.1) is 0 Å². The molecule has 0 aromatic carbocycles. The molecule has 0 bridgehead atoms. The molecule has 1 radical (unpaired) electrons. The van der Waals surface area contributed by atoms with Crippen LogP contribution < -0.4 is 29.6 Å². The van der Waals surface area contributed by atoms with Gasteiger partial charge in [0.1, 0.15) is 0 Å². The Morgan fingerprint density at radius 3 is 0.574 bits per heavy atom.